The van der Waals surface area contributed by atoms with E-state index in [-0.39, 0.29) is 0 Å². The Hall–Kier alpha value is -3.03. The zero-order chi connectivity index (χ0) is 105. The highest BCUT2D eigenvalue weighted by Gasteiger charge is 2.67. The van der Waals surface area contributed by atoms with Crippen molar-refractivity contribution in [3.8, 4) is 0 Å². The van der Waals surface area contributed by atoms with E-state index in [0.717, 1.165) is 6.92 Å². The monoisotopic (exact) mass is 2160 g/mol. The molecule has 9 fully saturated rings. The minimum absolute atomic E-state index is 0.605. The van der Waals surface area contributed by atoms with Gasteiger partial charge in [-0.2, -0.15) is 4.31 Å². The van der Waals surface area contributed by atoms with Gasteiger partial charge in [0, 0.05) is 32.9 Å². The topological polar surface area (TPSA) is 1120 Å². The maximum Gasteiger partial charge on any atom is 0.481 e. The average molecular weight is 2160 g/mol. The van der Waals surface area contributed by atoms with Crippen molar-refractivity contribution in [2.75, 3.05) is 85.8 Å². The van der Waals surface area contributed by atoms with Crippen molar-refractivity contribution in [1.82, 2.24) is 5.32 Å². The number of aliphatic hydroxyl groups excluding tert-OH is 28. The molecule has 0 spiro atoms. The van der Waals surface area contributed by atoms with Crippen LogP contribution in [0.25, 0.3) is 0 Å². The molecule has 41 N–H and O–H groups in total. The first-order valence-corrected chi connectivity index (χ1v) is 48.5. The highest BCUT2D eigenvalue weighted by atomic mass is 31.3. The summed E-state index contributed by atoms with van der Waals surface area (Å²) < 4.78 is 182. The number of ether oxygens (including phenoxy) is 17. The molecule has 9 rings (SSSR count). The second-order valence-corrected chi connectivity index (χ2v) is 38.9. The van der Waals surface area contributed by atoms with Crippen molar-refractivity contribution >= 4 is 49.1 Å². The minimum atomic E-state index is -6.48. The number of carbonyl (C=O) groups excluding carboxylic acids is 1. The molecule has 52 atom stereocenters. The maximum absolute atomic E-state index is 13.9. The SMILES string of the molecule is CC(=O)N[C@H]1[C@H]([C@H](O)[C@H](O)CO)O[C@@](O[C@H]2[C@@H](O)[C@@H](CO)O[C@@H](O[C@H]3[C@H](O)[C@@H](O)[C@H](O[C@@H]4[C@@H](O[C@@H]5[C@@H](O[C@@H]6[C@H](O)[C@@H](O[C@H]7[C@@H]([C@H](O)CO)O[C@@](O)(C(=O)O)C[C@H]7OP(=O)(O)OP(=O)(O)OCCN)O[C@H]([C@@H](O)CO)[C@H]6O[C@@H]6O[C@H](CO)[C@@H](O)[C@H](O)[C@H]6O)O[C@H]([C@H](CO)OP(=O)(O)OCCN)[C@@H](O)[C@@H]5O[C@H]5O[C@H](COP(=O)(O)O)[C@@H](O)[C@H](O)[C@H]5O)O[C@H]([C@@H](O)CO)[C@@H](O)[C@@H]4O)O[C@@H]3CO)[C@@H]2O)(C(=O)O)C[C@@H]1O. The van der Waals surface area contributed by atoms with Gasteiger partial charge in [0.15, 0.2) is 44.0 Å². The Labute approximate surface area is 791 Å². The summed E-state index contributed by atoms with van der Waals surface area (Å²) in [6, 6.07) is -1.84. The van der Waals surface area contributed by atoms with Crippen molar-refractivity contribution in [2.24, 2.45) is 11.5 Å². The highest BCUT2D eigenvalue weighted by Crippen LogP contribution is 2.62. The van der Waals surface area contributed by atoms with Crippen LogP contribution in [0.2, 0.25) is 0 Å². The quantitative estimate of drug-likeness (QED) is 0.0252. The first kappa shape index (κ1) is 121. The molecule has 9 aliphatic rings. The predicted octanol–water partition coefficient (Wildman–Crippen LogP) is -22.9. The number of nitrogens with two attached hydrogens (primary N) is 2. The summed E-state index contributed by atoms with van der Waals surface area (Å²) in [5.41, 5.74) is 10.8. The van der Waals surface area contributed by atoms with E-state index in [0.29, 0.717) is 0 Å². The second-order valence-electron chi connectivity index (χ2n) is 33.3. The van der Waals surface area contributed by atoms with E-state index in [9.17, 15) is 215 Å². The van der Waals surface area contributed by atoms with Gasteiger partial charge in [-0.05, 0) is 0 Å². The summed E-state index contributed by atoms with van der Waals surface area (Å²) in [5.74, 6) is -13.0. The lowest BCUT2D eigenvalue weighted by molar-refractivity contribution is -0.428. The Morgan fingerprint density at radius 3 is 1.38 bits per heavy atom. The molecule has 141 heavy (non-hydrogen) atoms. The number of phosphoric acid groups is 4. The van der Waals surface area contributed by atoms with Crippen LogP contribution in [0.15, 0.2) is 0 Å². The van der Waals surface area contributed by atoms with E-state index in [1.54, 1.807) is 0 Å². The molecule has 0 radical (unpaired) electrons. The standard InChI is InChI=1S/C68H121N3O66P4/c1-17(80)71-29-18(81)6-68(66(103)104,133-51(29)30(86)19(82)8-72)134-52-33(89)25(13-77)119-61(43(52)99)124-48-26(14-78)120-60(41(97)38(48)94)129-55-37(93)36(92)45(20(83)9-73)122-63(55)131-57-53(127-59-40(96)35(91)32(88)28(121-59)16-117-138(106,107)108)42(98)49(27(15-79)136-139(109,110)115-4-2-69)125-64(57)128-54-44(100)62(123-46(21(84)10-74)56(54)130-58-39(95)34(90)31(87)24(12-76)118-58)126-50-23(135-141(113,114)137-140(111,112)116-5-3-70)7-67(105,65(101)102)132-47(50)22(85)11-75/h18-64,72-79,81-100,105H,2-16,69-70H2,1H3,(H,71,80)(H,101,102)(H,103,104)(H,109,110)(H,111,112)(H,113,114)(H2,106,107,108)/t18-,19+,20-,21-,22+,23+,24+,25+,26+,27-,28+,29+,30+,31+,32+,33-,34-,35-,36-,37-,38+,39+,40+,41+,42+,43+,44-,45+,46+,47+,48+,49+,50+,51+,52-,53-,54+,55-,56+,57-,58-,59+,60-,61-,62+,63+,64+,67+,68-/m0/s1. The average Bonchev–Trinajstić information content (AvgIpc) is 0.746. The molecule has 69 nitrogen and oxygen atoms in total. The van der Waals surface area contributed by atoms with E-state index in [2.05, 4.69) is 18.7 Å². The molecule has 0 aromatic carbocycles. The lowest BCUT2D eigenvalue weighted by Crippen LogP contribution is -2.72. The Morgan fingerprint density at radius 1 is 0.404 bits per heavy atom. The van der Waals surface area contributed by atoms with Crippen molar-refractivity contribution in [3.63, 3.8) is 0 Å². The van der Waals surface area contributed by atoms with Crippen LogP contribution in [-0.2, 0) is 140 Å². The van der Waals surface area contributed by atoms with Gasteiger partial charge in [-0.3, -0.25) is 27.4 Å². The molecule has 824 valence electrons. The Bertz CT molecular complexity index is 4120. The van der Waals surface area contributed by atoms with E-state index < -0.39 is 447 Å². The van der Waals surface area contributed by atoms with Gasteiger partial charge >= 0.3 is 43.2 Å². The fourth-order valence-electron chi connectivity index (χ4n) is 16.3. The molecule has 9 saturated heterocycles. The molecule has 73 heteroatoms. The number of carbonyl (C=O) groups is 3. The summed E-state index contributed by atoms with van der Waals surface area (Å²) in [7, 11) is -24.0. The van der Waals surface area contributed by atoms with E-state index in [1.807, 2.05) is 0 Å². The summed E-state index contributed by atoms with van der Waals surface area (Å²) in [6.07, 6.45) is -129. The van der Waals surface area contributed by atoms with Crippen LogP contribution in [0.4, 0.5) is 0 Å². The van der Waals surface area contributed by atoms with Gasteiger partial charge < -0.3 is 280 Å². The maximum atomic E-state index is 13.9. The lowest BCUT2D eigenvalue weighted by atomic mass is 9.88. The third-order valence-electron chi connectivity index (χ3n) is 23.4. The van der Waals surface area contributed by atoms with Crippen LogP contribution in [0.1, 0.15) is 19.8 Å². The third-order valence-corrected chi connectivity index (χ3v) is 27.6. The summed E-state index contributed by atoms with van der Waals surface area (Å²) in [6.45, 7) is -16.0. The molecule has 9 heterocycles. The molecular weight excluding hydrogens is 2040 g/mol. The first-order valence-electron chi connectivity index (χ1n) is 42.5. The van der Waals surface area contributed by atoms with Gasteiger partial charge in [-0.1, -0.05) is 0 Å². The van der Waals surface area contributed by atoms with Gasteiger partial charge in [0.2, 0.25) is 5.91 Å². The zero-order valence-electron chi connectivity index (χ0n) is 73.0. The number of hydrogen-bond acceptors (Lipinski definition) is 61. The number of aliphatic carboxylic acids is 2. The third kappa shape index (κ3) is 28.9. The van der Waals surface area contributed by atoms with Gasteiger partial charge in [-0.25, -0.2) is 27.8 Å². The summed E-state index contributed by atoms with van der Waals surface area (Å²) in [5, 5.41) is 355. The van der Waals surface area contributed by atoms with Crippen molar-refractivity contribution in [3.05, 3.63) is 0 Å². The highest BCUT2D eigenvalue weighted by molar-refractivity contribution is 7.61. The Kier molecular flexibility index (Phi) is 44.3. The number of carboxylic acid groups (broad SMARTS) is 2. The predicted molar refractivity (Wildman–Crippen MR) is 424 cm³/mol. The fourth-order valence-corrected chi connectivity index (χ4v) is 19.8. The van der Waals surface area contributed by atoms with E-state index in [1.165, 1.54) is 0 Å². The van der Waals surface area contributed by atoms with E-state index in [4.69, 9.17) is 106 Å². The second kappa shape index (κ2) is 51.4. The minimum Gasteiger partial charge on any atom is -0.477 e. The normalized spacial score (nSPS) is 44.3. The van der Waals surface area contributed by atoms with Gasteiger partial charge in [0.05, 0.1) is 84.8 Å². The summed E-state index contributed by atoms with van der Waals surface area (Å²) >= 11 is 0. The Balaban J connectivity index is 1.22. The number of phosphoric ester groups is 4. The van der Waals surface area contributed by atoms with Crippen LogP contribution >= 0.6 is 31.3 Å². The fraction of sp³-hybridized carbons (Fsp3) is 0.956. The molecule has 0 aromatic heterocycles. The molecule has 0 aromatic rings. The van der Waals surface area contributed by atoms with Gasteiger partial charge in [-0.15, -0.1) is 0 Å². The Morgan fingerprint density at radius 2 is 0.844 bits per heavy atom. The lowest BCUT2D eigenvalue weighted by Gasteiger charge is -2.53. The molecular formula is C68H121N3O66P4. The van der Waals surface area contributed by atoms with Crippen molar-refractivity contribution in [1.29, 1.82) is 0 Å². The van der Waals surface area contributed by atoms with Gasteiger partial charge in [0.1, 0.15) is 232 Å². The number of carboxylic acids is 2. The van der Waals surface area contributed by atoms with Crippen LogP contribution < -0.4 is 16.8 Å². The molecule has 0 saturated carbocycles. The van der Waals surface area contributed by atoms with Crippen LogP contribution in [0, 0.1) is 0 Å². The number of rotatable bonds is 48. The smallest absolute Gasteiger partial charge is 0.477 e. The number of aliphatic hydroxyl groups is 29. The first-order chi connectivity index (χ1) is 65.8. The van der Waals surface area contributed by atoms with Crippen LogP contribution in [-0.4, -0.2) is 586 Å². The molecule has 0 bridgehead atoms. The number of hydrogen-bond donors (Lipinski definition) is 39. The molecule has 9 aliphatic heterocycles. The van der Waals surface area contributed by atoms with Gasteiger partial charge in [0.25, 0.3) is 11.6 Å². The van der Waals surface area contributed by atoms with E-state index >= 15 is 0 Å². The molecule has 3 unspecified atom stereocenters. The van der Waals surface area contributed by atoms with Crippen LogP contribution in [0.3, 0.4) is 0 Å². The number of amides is 1. The largest absolute Gasteiger partial charge is 0.481 e. The van der Waals surface area contributed by atoms with Crippen molar-refractivity contribution in [2.45, 2.75) is 319 Å². The van der Waals surface area contributed by atoms with Crippen molar-refractivity contribution < 1.29 is 323 Å². The zero-order valence-corrected chi connectivity index (χ0v) is 76.6. The molecule has 1 amide bonds. The summed E-state index contributed by atoms with van der Waals surface area (Å²) in [4.78, 5) is 90.7. The number of nitrogens with one attached hydrogen (secondary N) is 1. The van der Waals surface area contributed by atoms with Crippen LogP contribution in [0.5, 0.6) is 0 Å². The molecule has 0 aliphatic carbocycles.